The highest BCUT2D eigenvalue weighted by atomic mass is 32.2. The van der Waals surface area contributed by atoms with Crippen LogP contribution in [0.3, 0.4) is 0 Å². The van der Waals surface area contributed by atoms with E-state index >= 15 is 0 Å². The summed E-state index contributed by atoms with van der Waals surface area (Å²) in [5.74, 6) is 0. The summed E-state index contributed by atoms with van der Waals surface area (Å²) in [6.45, 7) is 2.18. The topological polar surface area (TPSA) is 70.5 Å². The van der Waals surface area contributed by atoms with Crippen molar-refractivity contribution >= 4 is 10.0 Å². The third kappa shape index (κ3) is 1.83. The zero-order valence-electron chi connectivity index (χ0n) is 9.00. The van der Waals surface area contributed by atoms with E-state index in [2.05, 4.69) is 4.98 Å². The Bertz CT molecular complexity index is 466. The van der Waals surface area contributed by atoms with Crippen molar-refractivity contribution in [1.29, 1.82) is 0 Å². The summed E-state index contributed by atoms with van der Waals surface area (Å²) in [5, 5.41) is 9.78. The monoisotopic (exact) mass is 242 g/mol. The maximum absolute atomic E-state index is 12.0. The van der Waals surface area contributed by atoms with E-state index in [9.17, 15) is 13.5 Å². The number of sulfonamides is 1. The highest BCUT2D eigenvalue weighted by Gasteiger charge is 2.45. The summed E-state index contributed by atoms with van der Waals surface area (Å²) < 4.78 is 25.3. The molecule has 5 nitrogen and oxygen atoms in total. The highest BCUT2D eigenvalue weighted by molar-refractivity contribution is 7.89. The molecule has 1 aliphatic rings. The maximum atomic E-state index is 12.0. The number of hydrogen-bond donors (Lipinski definition) is 1. The molecule has 0 unspecified atom stereocenters. The number of pyridine rings is 1. The number of aliphatic hydroxyl groups is 1. The lowest BCUT2D eigenvalue weighted by Gasteiger charge is -2.44. The molecule has 0 amide bonds. The Kier molecular flexibility index (Phi) is 2.73. The minimum atomic E-state index is -3.47. The van der Waals surface area contributed by atoms with Gasteiger partial charge < -0.3 is 5.11 Å². The molecule has 1 aromatic heterocycles. The van der Waals surface area contributed by atoms with Gasteiger partial charge in [0.05, 0.1) is 5.60 Å². The van der Waals surface area contributed by atoms with Crippen LogP contribution in [-0.4, -0.2) is 41.5 Å². The lowest BCUT2D eigenvalue weighted by molar-refractivity contribution is -0.0613. The SMILES string of the molecule is CCC1(O)CN(S(=O)(=O)c2cccnc2)C1. The van der Waals surface area contributed by atoms with Gasteiger partial charge >= 0.3 is 0 Å². The van der Waals surface area contributed by atoms with Crippen LogP contribution < -0.4 is 0 Å². The molecule has 88 valence electrons. The Morgan fingerprint density at radius 1 is 1.56 bits per heavy atom. The molecule has 1 aliphatic heterocycles. The third-order valence-corrected chi connectivity index (χ3v) is 4.65. The fraction of sp³-hybridized carbons (Fsp3) is 0.500. The molecule has 0 saturated carbocycles. The molecule has 2 rings (SSSR count). The van der Waals surface area contributed by atoms with Crippen molar-refractivity contribution in [2.24, 2.45) is 0 Å². The second-order valence-corrected chi connectivity index (χ2v) is 5.98. The zero-order chi connectivity index (χ0) is 11.8. The van der Waals surface area contributed by atoms with Crippen molar-refractivity contribution in [1.82, 2.24) is 9.29 Å². The Balaban J connectivity index is 2.18. The van der Waals surface area contributed by atoms with Gasteiger partial charge in [-0.1, -0.05) is 6.92 Å². The van der Waals surface area contributed by atoms with Crippen LogP contribution in [0.15, 0.2) is 29.4 Å². The molecule has 1 fully saturated rings. The van der Waals surface area contributed by atoms with Crippen LogP contribution in [0.2, 0.25) is 0 Å². The molecule has 1 aromatic rings. The van der Waals surface area contributed by atoms with Crippen LogP contribution in [0, 0.1) is 0 Å². The first-order valence-corrected chi connectivity index (χ1v) is 6.54. The average Bonchev–Trinajstić information content (AvgIpc) is 2.26. The fourth-order valence-corrected chi connectivity index (χ4v) is 3.22. The van der Waals surface area contributed by atoms with Crippen LogP contribution in [0.5, 0.6) is 0 Å². The predicted octanol–water partition coefficient (Wildman–Crippen LogP) is 0.227. The summed E-state index contributed by atoms with van der Waals surface area (Å²) in [7, 11) is -3.47. The minimum absolute atomic E-state index is 0.167. The first-order chi connectivity index (χ1) is 7.48. The summed E-state index contributed by atoms with van der Waals surface area (Å²) in [6.07, 6.45) is 3.40. The number of rotatable bonds is 3. The Morgan fingerprint density at radius 2 is 2.25 bits per heavy atom. The quantitative estimate of drug-likeness (QED) is 0.823. The largest absolute Gasteiger partial charge is 0.387 e. The number of nitrogens with zero attached hydrogens (tertiary/aromatic N) is 2. The molecule has 0 bridgehead atoms. The number of aromatic nitrogens is 1. The third-order valence-electron chi connectivity index (χ3n) is 2.87. The Hall–Kier alpha value is -0.980. The summed E-state index contributed by atoms with van der Waals surface area (Å²) in [5.41, 5.74) is -0.852. The smallest absolute Gasteiger partial charge is 0.244 e. The van der Waals surface area contributed by atoms with E-state index < -0.39 is 15.6 Å². The lowest BCUT2D eigenvalue weighted by Crippen LogP contribution is -2.62. The highest BCUT2D eigenvalue weighted by Crippen LogP contribution is 2.29. The predicted molar refractivity (Wildman–Crippen MR) is 58.2 cm³/mol. The van der Waals surface area contributed by atoms with Gasteiger partial charge in [-0.3, -0.25) is 4.98 Å². The number of β-amino-alcohol motifs (C(OH)–C–C–N with tert-alkyl or cyclic N) is 1. The number of hydrogen-bond acceptors (Lipinski definition) is 4. The van der Waals surface area contributed by atoms with Gasteiger partial charge in [0, 0.05) is 25.5 Å². The average molecular weight is 242 g/mol. The molecular weight excluding hydrogens is 228 g/mol. The van der Waals surface area contributed by atoms with E-state index in [0.29, 0.717) is 6.42 Å². The van der Waals surface area contributed by atoms with Gasteiger partial charge in [-0.15, -0.1) is 0 Å². The van der Waals surface area contributed by atoms with E-state index in [0.717, 1.165) is 0 Å². The van der Waals surface area contributed by atoms with E-state index in [1.54, 1.807) is 6.07 Å². The van der Waals surface area contributed by atoms with Crippen LogP contribution in [-0.2, 0) is 10.0 Å². The van der Waals surface area contributed by atoms with Crippen LogP contribution in [0.1, 0.15) is 13.3 Å². The van der Waals surface area contributed by atoms with Gasteiger partial charge in [0.25, 0.3) is 0 Å². The van der Waals surface area contributed by atoms with Crippen molar-refractivity contribution in [2.75, 3.05) is 13.1 Å². The summed E-state index contributed by atoms with van der Waals surface area (Å²) >= 11 is 0. The lowest BCUT2D eigenvalue weighted by atomic mass is 9.94. The van der Waals surface area contributed by atoms with E-state index in [1.165, 1.54) is 22.8 Å². The van der Waals surface area contributed by atoms with Gasteiger partial charge in [-0.2, -0.15) is 4.31 Å². The van der Waals surface area contributed by atoms with E-state index in [-0.39, 0.29) is 18.0 Å². The Morgan fingerprint density at radius 3 is 2.75 bits per heavy atom. The zero-order valence-corrected chi connectivity index (χ0v) is 9.81. The molecule has 0 spiro atoms. The first kappa shape index (κ1) is 11.5. The van der Waals surface area contributed by atoms with Crippen molar-refractivity contribution in [3.05, 3.63) is 24.5 Å². The molecule has 2 heterocycles. The van der Waals surface area contributed by atoms with Crippen molar-refractivity contribution < 1.29 is 13.5 Å². The van der Waals surface area contributed by atoms with Crippen molar-refractivity contribution in [3.8, 4) is 0 Å². The van der Waals surface area contributed by atoms with Gasteiger partial charge in [-0.25, -0.2) is 8.42 Å². The van der Waals surface area contributed by atoms with Crippen LogP contribution >= 0.6 is 0 Å². The second-order valence-electron chi connectivity index (χ2n) is 4.04. The normalized spacial score (nSPS) is 20.4. The maximum Gasteiger partial charge on any atom is 0.244 e. The molecule has 16 heavy (non-hydrogen) atoms. The molecule has 6 heteroatoms. The van der Waals surface area contributed by atoms with Crippen molar-refractivity contribution in [3.63, 3.8) is 0 Å². The molecular formula is C10H14N2O3S. The molecule has 1 N–H and O–H groups in total. The van der Waals surface area contributed by atoms with Gasteiger partial charge in [-0.05, 0) is 18.6 Å². The van der Waals surface area contributed by atoms with Gasteiger partial charge in [0.1, 0.15) is 4.90 Å². The van der Waals surface area contributed by atoms with Crippen LogP contribution in [0.4, 0.5) is 0 Å². The minimum Gasteiger partial charge on any atom is -0.387 e. The van der Waals surface area contributed by atoms with Crippen LogP contribution in [0.25, 0.3) is 0 Å². The molecule has 0 aliphatic carbocycles. The fourth-order valence-electron chi connectivity index (χ4n) is 1.65. The van der Waals surface area contributed by atoms with E-state index in [4.69, 9.17) is 0 Å². The second kappa shape index (κ2) is 3.80. The molecule has 0 aromatic carbocycles. The molecule has 0 atom stereocenters. The standard InChI is InChI=1S/C10H14N2O3S/c1-2-10(13)7-12(8-10)16(14,15)9-4-3-5-11-6-9/h3-6,13H,2,7-8H2,1H3. The van der Waals surface area contributed by atoms with Gasteiger partial charge in [0.15, 0.2) is 0 Å². The van der Waals surface area contributed by atoms with Crippen molar-refractivity contribution in [2.45, 2.75) is 23.8 Å². The first-order valence-electron chi connectivity index (χ1n) is 5.10. The molecule has 1 saturated heterocycles. The summed E-state index contributed by atoms with van der Waals surface area (Å²) in [4.78, 5) is 3.95. The molecule has 0 radical (unpaired) electrons. The Labute approximate surface area is 94.8 Å². The van der Waals surface area contributed by atoms with Gasteiger partial charge in [0.2, 0.25) is 10.0 Å². The summed E-state index contributed by atoms with van der Waals surface area (Å²) in [6, 6.07) is 3.09. The van der Waals surface area contributed by atoms with E-state index in [1.807, 2.05) is 6.92 Å².